The molecule has 0 aliphatic carbocycles. The van der Waals surface area contributed by atoms with Crippen LogP contribution >= 0.6 is 0 Å². The Hall–Kier alpha value is -3.45. The zero-order valence-corrected chi connectivity index (χ0v) is 13.9. The molecule has 0 aliphatic heterocycles. The maximum Gasteiger partial charge on any atom is 0.154 e. The normalized spacial score (nSPS) is 11.0. The van der Waals surface area contributed by atoms with Crippen molar-refractivity contribution in [3.63, 3.8) is 0 Å². The Kier molecular flexibility index (Phi) is 4.20. The summed E-state index contributed by atoms with van der Waals surface area (Å²) in [4.78, 5) is 8.70. The minimum atomic E-state index is -0.0486. The molecule has 3 aromatic heterocycles. The Morgan fingerprint density at radius 2 is 1.92 bits per heavy atom. The van der Waals surface area contributed by atoms with Crippen molar-refractivity contribution in [2.75, 3.05) is 5.32 Å². The van der Waals surface area contributed by atoms with E-state index in [1.807, 2.05) is 30.3 Å². The molecule has 0 aliphatic rings. The van der Waals surface area contributed by atoms with Gasteiger partial charge in [0.1, 0.15) is 17.3 Å². The number of aromatic nitrogens is 4. The van der Waals surface area contributed by atoms with Gasteiger partial charge in [-0.3, -0.25) is 4.98 Å². The molecule has 7 heteroatoms. The third kappa shape index (κ3) is 3.07. The minimum Gasteiger partial charge on any atom is -0.508 e. The molecule has 0 saturated carbocycles. The van der Waals surface area contributed by atoms with Crippen molar-refractivity contribution in [2.24, 2.45) is 0 Å². The van der Waals surface area contributed by atoms with Crippen LogP contribution in [-0.4, -0.2) is 29.8 Å². The van der Waals surface area contributed by atoms with Crippen molar-refractivity contribution >= 4 is 11.5 Å². The maximum atomic E-state index is 9.87. The lowest BCUT2D eigenvalue weighted by Crippen LogP contribution is -2.05. The number of hydrogen-bond acceptors (Lipinski definition) is 6. The summed E-state index contributed by atoms with van der Waals surface area (Å²) >= 11 is 0. The summed E-state index contributed by atoms with van der Waals surface area (Å²) in [7, 11) is 0. The Morgan fingerprint density at radius 3 is 2.77 bits per heavy atom. The summed E-state index contributed by atoms with van der Waals surface area (Å²) in [6, 6.07) is 14.4. The molecule has 26 heavy (non-hydrogen) atoms. The predicted octanol–water partition coefficient (Wildman–Crippen LogP) is 2.60. The second-order valence-electron chi connectivity index (χ2n) is 5.82. The van der Waals surface area contributed by atoms with E-state index in [9.17, 15) is 10.2 Å². The number of phenolic OH excluding ortho intramolecular Hbond substituents is 1. The largest absolute Gasteiger partial charge is 0.508 e. The van der Waals surface area contributed by atoms with Crippen molar-refractivity contribution in [2.45, 2.75) is 13.2 Å². The van der Waals surface area contributed by atoms with E-state index in [1.165, 1.54) is 0 Å². The fraction of sp³-hybridized carbons (Fsp3) is 0.105. The second-order valence-corrected chi connectivity index (χ2v) is 5.82. The number of nitrogens with one attached hydrogen (secondary N) is 1. The molecular weight excluding hydrogens is 330 g/mol. The van der Waals surface area contributed by atoms with Crippen LogP contribution < -0.4 is 5.32 Å². The smallest absolute Gasteiger partial charge is 0.154 e. The topological polar surface area (TPSA) is 95.6 Å². The second kappa shape index (κ2) is 6.81. The summed E-state index contributed by atoms with van der Waals surface area (Å²) in [5.74, 6) is 0.896. The van der Waals surface area contributed by atoms with E-state index in [0.29, 0.717) is 23.7 Å². The van der Waals surface area contributed by atoms with E-state index >= 15 is 0 Å². The van der Waals surface area contributed by atoms with Crippen molar-refractivity contribution in [1.82, 2.24) is 19.6 Å². The number of phenols is 1. The van der Waals surface area contributed by atoms with Crippen LogP contribution in [0.4, 0.5) is 5.82 Å². The SMILES string of the molecule is OCc1ccnc(-c2cnc3ccc(NCc4ccccc4O)nn23)c1. The Morgan fingerprint density at radius 1 is 1.04 bits per heavy atom. The molecule has 4 aromatic rings. The maximum absolute atomic E-state index is 9.87. The average Bonchev–Trinajstić information content (AvgIpc) is 3.10. The van der Waals surface area contributed by atoms with Crippen molar-refractivity contribution in [1.29, 1.82) is 0 Å². The average molecular weight is 347 g/mol. The molecule has 0 bridgehead atoms. The Labute approximate surface area is 149 Å². The number of aliphatic hydroxyl groups is 1. The molecule has 0 amide bonds. The first-order chi connectivity index (χ1) is 12.7. The van der Waals surface area contributed by atoms with Gasteiger partial charge in [0.25, 0.3) is 0 Å². The molecule has 3 heterocycles. The van der Waals surface area contributed by atoms with Gasteiger partial charge in [0.2, 0.25) is 0 Å². The fourth-order valence-corrected chi connectivity index (χ4v) is 2.70. The van der Waals surface area contributed by atoms with Gasteiger partial charge in [-0.2, -0.15) is 0 Å². The molecule has 0 radical (unpaired) electrons. The van der Waals surface area contributed by atoms with E-state index in [0.717, 1.165) is 16.8 Å². The number of aromatic hydroxyl groups is 1. The van der Waals surface area contributed by atoms with Gasteiger partial charge in [0, 0.05) is 18.3 Å². The van der Waals surface area contributed by atoms with Crippen LogP contribution in [0, 0.1) is 0 Å². The zero-order chi connectivity index (χ0) is 17.9. The number of pyridine rings is 1. The van der Waals surface area contributed by atoms with E-state index in [2.05, 4.69) is 20.4 Å². The van der Waals surface area contributed by atoms with Gasteiger partial charge in [-0.25, -0.2) is 9.50 Å². The van der Waals surface area contributed by atoms with Gasteiger partial charge in [0.05, 0.1) is 18.5 Å². The van der Waals surface area contributed by atoms with Crippen molar-refractivity contribution in [3.8, 4) is 17.1 Å². The quantitative estimate of drug-likeness (QED) is 0.514. The predicted molar refractivity (Wildman–Crippen MR) is 97.6 cm³/mol. The summed E-state index contributed by atoms with van der Waals surface area (Å²) in [5.41, 5.74) is 3.69. The summed E-state index contributed by atoms with van der Waals surface area (Å²) in [6.07, 6.45) is 3.36. The lowest BCUT2D eigenvalue weighted by atomic mass is 10.2. The van der Waals surface area contributed by atoms with E-state index in [-0.39, 0.29) is 12.4 Å². The molecule has 0 spiro atoms. The highest BCUT2D eigenvalue weighted by Crippen LogP contribution is 2.21. The van der Waals surface area contributed by atoms with Crippen LogP contribution in [-0.2, 0) is 13.2 Å². The molecule has 7 nitrogen and oxygen atoms in total. The van der Waals surface area contributed by atoms with Gasteiger partial charge in [-0.1, -0.05) is 18.2 Å². The van der Waals surface area contributed by atoms with Crippen LogP contribution in [0.2, 0.25) is 0 Å². The van der Waals surface area contributed by atoms with Crippen molar-refractivity contribution in [3.05, 3.63) is 72.1 Å². The Bertz CT molecular complexity index is 1060. The van der Waals surface area contributed by atoms with Crippen LogP contribution in [0.3, 0.4) is 0 Å². The van der Waals surface area contributed by atoms with Gasteiger partial charge in [-0.05, 0) is 35.9 Å². The highest BCUT2D eigenvalue weighted by atomic mass is 16.3. The molecule has 3 N–H and O–H groups in total. The van der Waals surface area contributed by atoms with Gasteiger partial charge in [0.15, 0.2) is 5.65 Å². The number of hydrogen-bond donors (Lipinski definition) is 3. The number of benzene rings is 1. The van der Waals surface area contributed by atoms with E-state index < -0.39 is 0 Å². The molecule has 1 aromatic carbocycles. The molecule has 4 rings (SSSR count). The summed E-state index contributed by atoms with van der Waals surface area (Å²) in [5, 5.41) is 27.0. The number of rotatable bonds is 5. The van der Waals surface area contributed by atoms with Crippen LogP contribution in [0.15, 0.2) is 60.9 Å². The molecule has 0 atom stereocenters. The number of anilines is 1. The van der Waals surface area contributed by atoms with Crippen LogP contribution in [0.5, 0.6) is 5.75 Å². The highest BCUT2D eigenvalue weighted by Gasteiger charge is 2.10. The molecule has 0 saturated heterocycles. The Balaban J connectivity index is 1.65. The molecule has 130 valence electrons. The fourth-order valence-electron chi connectivity index (χ4n) is 2.70. The van der Waals surface area contributed by atoms with Crippen LogP contribution in [0.25, 0.3) is 17.0 Å². The highest BCUT2D eigenvalue weighted by molar-refractivity contribution is 5.60. The first-order valence-electron chi connectivity index (χ1n) is 8.16. The molecule has 0 unspecified atom stereocenters. The zero-order valence-electron chi connectivity index (χ0n) is 13.9. The van der Waals surface area contributed by atoms with Gasteiger partial charge < -0.3 is 15.5 Å². The summed E-state index contributed by atoms with van der Waals surface area (Å²) < 4.78 is 1.71. The number of imidazole rings is 1. The number of nitrogens with zero attached hydrogens (tertiary/aromatic N) is 4. The molecule has 0 fully saturated rings. The number of aliphatic hydroxyl groups excluding tert-OH is 1. The van der Waals surface area contributed by atoms with Gasteiger partial charge >= 0.3 is 0 Å². The first-order valence-corrected chi connectivity index (χ1v) is 8.16. The lowest BCUT2D eigenvalue weighted by Gasteiger charge is -2.08. The lowest BCUT2D eigenvalue weighted by molar-refractivity contribution is 0.282. The van der Waals surface area contributed by atoms with E-state index in [1.54, 1.807) is 35.1 Å². The minimum absolute atomic E-state index is 0.0486. The first kappa shape index (κ1) is 16.0. The number of fused-ring (bicyclic) bond motifs is 1. The number of para-hydroxylation sites is 1. The third-order valence-corrected chi connectivity index (χ3v) is 4.08. The van der Waals surface area contributed by atoms with E-state index in [4.69, 9.17) is 0 Å². The van der Waals surface area contributed by atoms with Gasteiger partial charge in [-0.15, -0.1) is 5.10 Å². The standard InChI is InChI=1S/C19H17N5O2/c25-12-13-7-8-20-15(9-13)16-11-22-19-6-5-18(23-24(16)19)21-10-14-3-1-2-4-17(14)26/h1-9,11,25-26H,10,12H2,(H,21,23). The third-order valence-electron chi connectivity index (χ3n) is 4.08. The summed E-state index contributed by atoms with van der Waals surface area (Å²) in [6.45, 7) is 0.403. The molecular formula is C19H17N5O2. The van der Waals surface area contributed by atoms with Crippen molar-refractivity contribution < 1.29 is 10.2 Å². The van der Waals surface area contributed by atoms with Crippen LogP contribution in [0.1, 0.15) is 11.1 Å². The monoisotopic (exact) mass is 347 g/mol.